The minimum Gasteiger partial charge on any atom is -0.235 e. The summed E-state index contributed by atoms with van der Waals surface area (Å²) in [5.74, 6) is 0.603. The van der Waals surface area contributed by atoms with Crippen molar-refractivity contribution in [2.45, 2.75) is 38.5 Å². The Morgan fingerprint density at radius 3 is 2.50 bits per heavy atom. The lowest BCUT2D eigenvalue weighted by atomic mass is 10.1. The number of hydrogen-bond donors (Lipinski definition) is 0. The molecular formula is C10H12ClFN2. The van der Waals surface area contributed by atoms with Gasteiger partial charge in [0.05, 0.1) is 5.69 Å². The molecule has 1 aromatic heterocycles. The summed E-state index contributed by atoms with van der Waals surface area (Å²) < 4.78 is 13.1. The van der Waals surface area contributed by atoms with Gasteiger partial charge in [0.15, 0.2) is 11.0 Å². The highest BCUT2D eigenvalue weighted by Gasteiger charge is 2.21. The molecule has 1 saturated carbocycles. The molecule has 2 rings (SSSR count). The fourth-order valence-corrected chi connectivity index (χ4v) is 2.13. The van der Waals surface area contributed by atoms with Crippen molar-refractivity contribution in [3.8, 4) is 0 Å². The van der Waals surface area contributed by atoms with E-state index >= 15 is 0 Å². The van der Waals surface area contributed by atoms with Crippen LogP contribution in [0.5, 0.6) is 0 Å². The Kier molecular flexibility index (Phi) is 2.68. The zero-order chi connectivity index (χ0) is 10.1. The van der Waals surface area contributed by atoms with E-state index in [1.54, 1.807) is 6.92 Å². The Morgan fingerprint density at radius 1 is 1.29 bits per heavy atom. The van der Waals surface area contributed by atoms with E-state index in [0.29, 0.717) is 17.4 Å². The van der Waals surface area contributed by atoms with Gasteiger partial charge in [-0.3, -0.25) is 0 Å². The number of halogens is 2. The van der Waals surface area contributed by atoms with Crippen LogP contribution in [-0.2, 0) is 0 Å². The summed E-state index contributed by atoms with van der Waals surface area (Å²) in [5, 5.41) is -0.0422. The molecular weight excluding hydrogens is 203 g/mol. The first-order valence-electron chi connectivity index (χ1n) is 4.88. The smallest absolute Gasteiger partial charge is 0.181 e. The molecule has 76 valence electrons. The number of rotatable bonds is 1. The van der Waals surface area contributed by atoms with Gasteiger partial charge < -0.3 is 0 Å². The molecule has 0 aliphatic heterocycles. The highest BCUT2D eigenvalue weighted by molar-refractivity contribution is 6.29. The van der Waals surface area contributed by atoms with Crippen LogP contribution in [0.25, 0.3) is 0 Å². The highest BCUT2D eigenvalue weighted by atomic mass is 35.5. The number of aromatic nitrogens is 2. The van der Waals surface area contributed by atoms with E-state index in [0.717, 1.165) is 12.8 Å². The lowest BCUT2D eigenvalue weighted by Gasteiger charge is -2.08. The van der Waals surface area contributed by atoms with Crippen molar-refractivity contribution in [2.75, 3.05) is 0 Å². The summed E-state index contributed by atoms with van der Waals surface area (Å²) in [4.78, 5) is 8.14. The minimum atomic E-state index is -0.492. The van der Waals surface area contributed by atoms with Crippen molar-refractivity contribution in [3.05, 3.63) is 22.5 Å². The fourth-order valence-electron chi connectivity index (χ4n) is 1.91. The average molecular weight is 215 g/mol. The van der Waals surface area contributed by atoms with Crippen molar-refractivity contribution >= 4 is 11.6 Å². The zero-order valence-corrected chi connectivity index (χ0v) is 8.81. The van der Waals surface area contributed by atoms with Gasteiger partial charge in [-0.05, 0) is 19.8 Å². The van der Waals surface area contributed by atoms with Gasteiger partial charge in [-0.1, -0.05) is 24.4 Å². The Balaban J connectivity index is 2.34. The van der Waals surface area contributed by atoms with Crippen LogP contribution >= 0.6 is 11.6 Å². The summed E-state index contributed by atoms with van der Waals surface area (Å²) in [6.45, 7) is 1.63. The second-order valence-electron chi connectivity index (χ2n) is 3.75. The van der Waals surface area contributed by atoms with Crippen LogP contribution in [0, 0.1) is 12.7 Å². The normalized spacial score (nSPS) is 17.6. The molecule has 1 heterocycles. The Labute approximate surface area is 87.5 Å². The molecule has 4 heteroatoms. The molecule has 0 spiro atoms. The van der Waals surface area contributed by atoms with Crippen molar-refractivity contribution in [2.24, 2.45) is 0 Å². The summed E-state index contributed by atoms with van der Waals surface area (Å²) in [7, 11) is 0. The summed E-state index contributed by atoms with van der Waals surface area (Å²) in [6, 6.07) is 0. The molecule has 1 aliphatic rings. The predicted molar refractivity (Wildman–Crippen MR) is 52.9 cm³/mol. The third-order valence-electron chi connectivity index (χ3n) is 2.71. The lowest BCUT2D eigenvalue weighted by Crippen LogP contribution is -2.04. The van der Waals surface area contributed by atoms with E-state index in [1.807, 2.05) is 0 Å². The van der Waals surface area contributed by atoms with E-state index in [2.05, 4.69) is 9.97 Å². The van der Waals surface area contributed by atoms with Gasteiger partial charge in [-0.25, -0.2) is 14.4 Å². The van der Waals surface area contributed by atoms with E-state index in [9.17, 15) is 4.39 Å². The van der Waals surface area contributed by atoms with Crippen LogP contribution < -0.4 is 0 Å². The molecule has 0 aromatic carbocycles. The Bertz CT molecular complexity index is 325. The van der Waals surface area contributed by atoms with Gasteiger partial charge in [-0.2, -0.15) is 0 Å². The zero-order valence-electron chi connectivity index (χ0n) is 8.06. The van der Waals surface area contributed by atoms with Gasteiger partial charge in [0.1, 0.15) is 5.82 Å². The standard InChI is InChI=1S/C10H12ClFN2/c1-6-8(12)9(11)14-10(13-6)7-4-2-3-5-7/h7H,2-5H2,1H3. The van der Waals surface area contributed by atoms with Crippen LogP contribution in [0.4, 0.5) is 4.39 Å². The quantitative estimate of drug-likeness (QED) is 0.671. The van der Waals surface area contributed by atoms with Crippen molar-refractivity contribution < 1.29 is 4.39 Å². The molecule has 14 heavy (non-hydrogen) atoms. The summed E-state index contributed by atoms with van der Waals surface area (Å²) in [6.07, 6.45) is 4.62. The van der Waals surface area contributed by atoms with Gasteiger partial charge in [0.2, 0.25) is 0 Å². The molecule has 0 unspecified atom stereocenters. The van der Waals surface area contributed by atoms with Crippen LogP contribution in [0.15, 0.2) is 0 Å². The average Bonchev–Trinajstić information content (AvgIpc) is 2.66. The molecule has 0 atom stereocenters. The summed E-state index contributed by atoms with van der Waals surface area (Å²) in [5.41, 5.74) is 0.354. The maximum atomic E-state index is 13.1. The second-order valence-corrected chi connectivity index (χ2v) is 4.11. The maximum absolute atomic E-state index is 13.1. The molecule has 0 N–H and O–H groups in total. The SMILES string of the molecule is Cc1nc(C2CCCC2)nc(Cl)c1F. The maximum Gasteiger partial charge on any atom is 0.181 e. The van der Waals surface area contributed by atoms with Gasteiger partial charge in [0.25, 0.3) is 0 Å². The van der Waals surface area contributed by atoms with Crippen LogP contribution in [0.1, 0.15) is 43.1 Å². The van der Waals surface area contributed by atoms with Crippen LogP contribution in [0.2, 0.25) is 5.15 Å². The van der Waals surface area contributed by atoms with Gasteiger partial charge in [0, 0.05) is 5.92 Å². The van der Waals surface area contributed by atoms with Crippen LogP contribution in [0.3, 0.4) is 0 Å². The Hall–Kier alpha value is -0.700. The van der Waals surface area contributed by atoms with E-state index < -0.39 is 5.82 Å². The third-order valence-corrected chi connectivity index (χ3v) is 2.96. The highest BCUT2D eigenvalue weighted by Crippen LogP contribution is 2.33. The molecule has 0 bridgehead atoms. The van der Waals surface area contributed by atoms with Crippen molar-refractivity contribution in [3.63, 3.8) is 0 Å². The molecule has 0 saturated heterocycles. The molecule has 1 aromatic rings. The first kappa shape index (κ1) is 9.84. The molecule has 1 fully saturated rings. The predicted octanol–water partition coefficient (Wildman–Crippen LogP) is 3.24. The van der Waals surface area contributed by atoms with Crippen LogP contribution in [-0.4, -0.2) is 9.97 Å². The van der Waals surface area contributed by atoms with E-state index in [-0.39, 0.29) is 5.15 Å². The lowest BCUT2D eigenvalue weighted by molar-refractivity contribution is 0.582. The van der Waals surface area contributed by atoms with E-state index in [1.165, 1.54) is 12.8 Å². The minimum absolute atomic E-state index is 0.0422. The van der Waals surface area contributed by atoms with Crippen molar-refractivity contribution in [1.29, 1.82) is 0 Å². The monoisotopic (exact) mass is 214 g/mol. The number of aryl methyl sites for hydroxylation is 1. The molecule has 1 aliphatic carbocycles. The van der Waals surface area contributed by atoms with Gasteiger partial charge in [-0.15, -0.1) is 0 Å². The summed E-state index contributed by atoms with van der Waals surface area (Å²) >= 11 is 5.67. The first-order valence-corrected chi connectivity index (χ1v) is 5.26. The third kappa shape index (κ3) is 1.73. The molecule has 0 radical (unpaired) electrons. The Morgan fingerprint density at radius 2 is 1.93 bits per heavy atom. The number of nitrogens with zero attached hydrogens (tertiary/aromatic N) is 2. The topological polar surface area (TPSA) is 25.8 Å². The number of hydrogen-bond acceptors (Lipinski definition) is 2. The fraction of sp³-hybridized carbons (Fsp3) is 0.600. The second kappa shape index (κ2) is 3.81. The molecule has 0 amide bonds. The first-order chi connectivity index (χ1) is 6.68. The van der Waals surface area contributed by atoms with Crippen molar-refractivity contribution in [1.82, 2.24) is 9.97 Å². The largest absolute Gasteiger partial charge is 0.235 e. The molecule has 2 nitrogen and oxygen atoms in total. The van der Waals surface area contributed by atoms with Gasteiger partial charge >= 0.3 is 0 Å². The van der Waals surface area contributed by atoms with E-state index in [4.69, 9.17) is 11.6 Å².